The zero-order valence-electron chi connectivity index (χ0n) is 11.5. The van der Waals surface area contributed by atoms with Crippen molar-refractivity contribution in [2.24, 2.45) is 0 Å². The molecule has 1 heterocycles. The van der Waals surface area contributed by atoms with E-state index in [1.165, 1.54) is 5.69 Å². The average molecular weight is 243 g/mol. The number of piperazine rings is 1. The van der Waals surface area contributed by atoms with Gasteiger partial charge in [0.25, 0.3) is 0 Å². The Bertz CT molecular complexity index is 428. The molecule has 1 aromatic rings. The van der Waals surface area contributed by atoms with E-state index in [1.807, 2.05) is 24.3 Å². The highest BCUT2D eigenvalue weighted by Crippen LogP contribution is 2.20. The second kappa shape index (κ2) is 4.99. The fraction of sp³-hybridized carbons (Fsp3) is 0.533. The summed E-state index contributed by atoms with van der Waals surface area (Å²) in [4.78, 5) is 4.91. The lowest BCUT2D eigenvalue weighted by molar-refractivity contribution is 0.128. The van der Waals surface area contributed by atoms with E-state index >= 15 is 0 Å². The van der Waals surface area contributed by atoms with Gasteiger partial charge in [-0.3, -0.25) is 4.90 Å². The molecule has 1 saturated heterocycles. The SMILES string of the molecule is CC(C)(C)N1CCN(c2ccc(C#N)cc2)CC1. The van der Waals surface area contributed by atoms with E-state index in [4.69, 9.17) is 5.26 Å². The first-order chi connectivity index (χ1) is 8.50. The molecular weight excluding hydrogens is 222 g/mol. The van der Waals surface area contributed by atoms with E-state index < -0.39 is 0 Å². The van der Waals surface area contributed by atoms with Crippen molar-refractivity contribution < 1.29 is 0 Å². The zero-order valence-corrected chi connectivity index (χ0v) is 11.5. The summed E-state index contributed by atoms with van der Waals surface area (Å²) in [7, 11) is 0. The van der Waals surface area contributed by atoms with Crippen LogP contribution in [0.2, 0.25) is 0 Å². The Morgan fingerprint density at radius 3 is 2.00 bits per heavy atom. The van der Waals surface area contributed by atoms with Crippen LogP contribution in [0.25, 0.3) is 0 Å². The van der Waals surface area contributed by atoms with Crippen LogP contribution >= 0.6 is 0 Å². The van der Waals surface area contributed by atoms with E-state index in [9.17, 15) is 0 Å². The minimum Gasteiger partial charge on any atom is -0.369 e. The van der Waals surface area contributed by atoms with Gasteiger partial charge in [-0.2, -0.15) is 5.26 Å². The van der Waals surface area contributed by atoms with Crippen molar-refractivity contribution in [3.05, 3.63) is 29.8 Å². The summed E-state index contributed by atoms with van der Waals surface area (Å²) < 4.78 is 0. The van der Waals surface area contributed by atoms with Gasteiger partial charge in [0.1, 0.15) is 0 Å². The molecule has 0 amide bonds. The second-order valence-corrected chi connectivity index (χ2v) is 5.80. The molecule has 96 valence electrons. The number of anilines is 1. The van der Waals surface area contributed by atoms with E-state index in [1.54, 1.807) is 0 Å². The summed E-state index contributed by atoms with van der Waals surface area (Å²) in [5.41, 5.74) is 2.21. The van der Waals surface area contributed by atoms with Crippen molar-refractivity contribution in [2.75, 3.05) is 31.1 Å². The summed E-state index contributed by atoms with van der Waals surface area (Å²) in [6.45, 7) is 11.1. The molecule has 0 unspecified atom stereocenters. The van der Waals surface area contributed by atoms with Crippen LogP contribution in [0.15, 0.2) is 24.3 Å². The summed E-state index contributed by atoms with van der Waals surface area (Å²) >= 11 is 0. The second-order valence-electron chi connectivity index (χ2n) is 5.80. The van der Waals surface area contributed by atoms with Crippen molar-refractivity contribution in [3.8, 4) is 6.07 Å². The lowest BCUT2D eigenvalue weighted by Gasteiger charge is -2.43. The largest absolute Gasteiger partial charge is 0.369 e. The fourth-order valence-electron chi connectivity index (χ4n) is 2.38. The minimum atomic E-state index is 0.261. The van der Waals surface area contributed by atoms with Crippen LogP contribution in [-0.4, -0.2) is 36.6 Å². The molecule has 2 rings (SSSR count). The van der Waals surface area contributed by atoms with Crippen LogP contribution in [0.3, 0.4) is 0 Å². The maximum Gasteiger partial charge on any atom is 0.0991 e. The third-order valence-corrected chi connectivity index (χ3v) is 3.59. The van der Waals surface area contributed by atoms with Gasteiger partial charge in [-0.05, 0) is 45.0 Å². The third-order valence-electron chi connectivity index (χ3n) is 3.59. The van der Waals surface area contributed by atoms with Crippen LogP contribution < -0.4 is 4.90 Å². The maximum absolute atomic E-state index is 8.79. The van der Waals surface area contributed by atoms with E-state index in [0.29, 0.717) is 0 Å². The Morgan fingerprint density at radius 1 is 1.00 bits per heavy atom. The highest BCUT2D eigenvalue weighted by molar-refractivity contribution is 5.50. The van der Waals surface area contributed by atoms with Crippen molar-refractivity contribution in [1.82, 2.24) is 4.90 Å². The standard InChI is InChI=1S/C15H21N3/c1-15(2,3)18-10-8-17(9-11-18)14-6-4-13(12-16)5-7-14/h4-7H,8-11H2,1-3H3. The Kier molecular flexibility index (Phi) is 3.58. The number of nitrogens with zero attached hydrogens (tertiary/aromatic N) is 3. The zero-order chi connectivity index (χ0) is 13.2. The topological polar surface area (TPSA) is 30.3 Å². The van der Waals surface area contributed by atoms with Crippen LogP contribution in [0.5, 0.6) is 0 Å². The van der Waals surface area contributed by atoms with Crippen LogP contribution in [0, 0.1) is 11.3 Å². The molecule has 0 aromatic heterocycles. The first-order valence-corrected chi connectivity index (χ1v) is 6.51. The summed E-state index contributed by atoms with van der Waals surface area (Å²) in [5, 5.41) is 8.79. The van der Waals surface area contributed by atoms with Crippen molar-refractivity contribution in [3.63, 3.8) is 0 Å². The molecule has 0 N–H and O–H groups in total. The van der Waals surface area contributed by atoms with E-state index in [0.717, 1.165) is 31.7 Å². The van der Waals surface area contributed by atoms with Crippen molar-refractivity contribution >= 4 is 5.69 Å². The van der Waals surface area contributed by atoms with Crippen LogP contribution in [-0.2, 0) is 0 Å². The van der Waals surface area contributed by atoms with Gasteiger partial charge in [-0.25, -0.2) is 0 Å². The predicted octanol–water partition coefficient (Wildman–Crippen LogP) is 2.48. The normalized spacial score (nSPS) is 17.6. The molecule has 18 heavy (non-hydrogen) atoms. The van der Waals surface area contributed by atoms with Gasteiger partial charge in [0.2, 0.25) is 0 Å². The van der Waals surface area contributed by atoms with Gasteiger partial charge < -0.3 is 4.90 Å². The number of nitriles is 1. The van der Waals surface area contributed by atoms with Gasteiger partial charge in [-0.15, -0.1) is 0 Å². The van der Waals surface area contributed by atoms with E-state index in [-0.39, 0.29) is 5.54 Å². The van der Waals surface area contributed by atoms with Gasteiger partial charge in [-0.1, -0.05) is 0 Å². The Balaban J connectivity index is 1.99. The Morgan fingerprint density at radius 2 is 1.56 bits per heavy atom. The molecule has 0 radical (unpaired) electrons. The molecule has 1 fully saturated rings. The highest BCUT2D eigenvalue weighted by Gasteiger charge is 2.25. The quantitative estimate of drug-likeness (QED) is 0.759. The molecule has 0 spiro atoms. The van der Waals surface area contributed by atoms with Crippen LogP contribution in [0.4, 0.5) is 5.69 Å². The summed E-state index contributed by atoms with van der Waals surface area (Å²) in [6, 6.07) is 10.0. The molecule has 0 saturated carbocycles. The molecule has 1 aliphatic rings. The molecule has 1 aromatic carbocycles. The highest BCUT2D eigenvalue weighted by atomic mass is 15.3. The predicted molar refractivity (Wildman–Crippen MR) is 74.7 cm³/mol. The summed E-state index contributed by atoms with van der Waals surface area (Å²) in [6.07, 6.45) is 0. The van der Waals surface area contributed by atoms with Gasteiger partial charge in [0.15, 0.2) is 0 Å². The fourth-order valence-corrected chi connectivity index (χ4v) is 2.38. The maximum atomic E-state index is 8.79. The molecular formula is C15H21N3. The molecule has 0 aliphatic carbocycles. The lowest BCUT2D eigenvalue weighted by atomic mass is 10.0. The number of hydrogen-bond acceptors (Lipinski definition) is 3. The smallest absolute Gasteiger partial charge is 0.0991 e. The van der Waals surface area contributed by atoms with Gasteiger partial charge >= 0.3 is 0 Å². The Labute approximate surface area is 110 Å². The molecule has 3 nitrogen and oxygen atoms in total. The average Bonchev–Trinajstić information content (AvgIpc) is 2.38. The molecule has 1 aliphatic heterocycles. The van der Waals surface area contributed by atoms with Gasteiger partial charge in [0.05, 0.1) is 11.6 Å². The third kappa shape index (κ3) is 2.83. The lowest BCUT2D eigenvalue weighted by Crippen LogP contribution is -2.53. The first-order valence-electron chi connectivity index (χ1n) is 6.51. The van der Waals surface area contributed by atoms with Crippen LogP contribution in [0.1, 0.15) is 26.3 Å². The molecule has 0 bridgehead atoms. The number of hydrogen-bond donors (Lipinski definition) is 0. The minimum absolute atomic E-state index is 0.261. The van der Waals surface area contributed by atoms with Gasteiger partial charge in [0, 0.05) is 37.4 Å². The molecule has 3 heteroatoms. The Hall–Kier alpha value is -1.53. The van der Waals surface area contributed by atoms with Crippen molar-refractivity contribution in [2.45, 2.75) is 26.3 Å². The van der Waals surface area contributed by atoms with Crippen molar-refractivity contribution in [1.29, 1.82) is 5.26 Å². The molecule has 0 atom stereocenters. The number of rotatable bonds is 1. The number of benzene rings is 1. The monoisotopic (exact) mass is 243 g/mol. The first kappa shape index (κ1) is 12.9. The van der Waals surface area contributed by atoms with E-state index in [2.05, 4.69) is 36.6 Å². The summed E-state index contributed by atoms with van der Waals surface area (Å²) in [5.74, 6) is 0.